The van der Waals surface area contributed by atoms with Crippen molar-refractivity contribution in [3.63, 3.8) is 0 Å². The van der Waals surface area contributed by atoms with E-state index in [0.717, 1.165) is 0 Å². The van der Waals surface area contributed by atoms with Crippen molar-refractivity contribution in [2.45, 2.75) is 32.8 Å². The fourth-order valence-corrected chi connectivity index (χ4v) is 0.444. The molecule has 0 aromatic rings. The second kappa shape index (κ2) is 4.56. The van der Waals surface area contributed by atoms with E-state index in [9.17, 15) is 4.79 Å². The summed E-state index contributed by atoms with van der Waals surface area (Å²) in [5.41, 5.74) is -0.479. The Bertz CT molecular complexity index is 112. The lowest BCUT2D eigenvalue weighted by Crippen LogP contribution is -2.16. The fraction of sp³-hybridized carbons (Fsp3) is 0.857. The van der Waals surface area contributed by atoms with Gasteiger partial charge in [0.05, 0.1) is 0 Å². The molecule has 0 aromatic carbocycles. The van der Waals surface area contributed by atoms with Gasteiger partial charge < -0.3 is 4.74 Å². The van der Waals surface area contributed by atoms with Gasteiger partial charge in [0, 0.05) is 12.3 Å². The average Bonchev–Trinajstić information content (AvgIpc) is 1.87. The molecule has 0 radical (unpaired) electrons. The first kappa shape index (κ1) is 9.76. The summed E-state index contributed by atoms with van der Waals surface area (Å²) in [7, 11) is 0. The highest BCUT2D eigenvalue weighted by atomic mass is 35.5. The predicted molar refractivity (Wildman–Crippen MR) is 40.9 cm³/mol. The van der Waals surface area contributed by atoms with Gasteiger partial charge in [-0.25, -0.2) is 0 Å². The fourth-order valence-electron chi connectivity index (χ4n) is 0.345. The minimum Gasteiger partial charge on any atom is -0.446 e. The number of rotatable bonds is 3. The topological polar surface area (TPSA) is 26.3 Å². The van der Waals surface area contributed by atoms with E-state index >= 15 is 0 Å². The summed E-state index contributed by atoms with van der Waals surface area (Å²) in [6.45, 7) is 5.55. The van der Waals surface area contributed by atoms with Crippen LogP contribution in [0.1, 0.15) is 27.2 Å². The zero-order valence-electron chi connectivity index (χ0n) is 6.56. The first-order valence-corrected chi connectivity index (χ1v) is 3.85. The zero-order chi connectivity index (χ0) is 8.15. The molecule has 3 heteroatoms. The molecular weight excluding hydrogens is 152 g/mol. The van der Waals surface area contributed by atoms with Crippen molar-refractivity contribution in [1.29, 1.82) is 0 Å². The molecule has 0 saturated carbocycles. The van der Waals surface area contributed by atoms with Gasteiger partial charge in [-0.15, -0.1) is 0 Å². The highest BCUT2D eigenvalue weighted by Gasteiger charge is 2.12. The standard InChI is InChI=1S/C7H13ClO2/c1-4-6(9)10-7(8)5(2)3/h5,7H,4H2,1-3H3/t7-/m0/s1. The Hall–Kier alpha value is -0.240. The van der Waals surface area contributed by atoms with E-state index in [0.29, 0.717) is 6.42 Å². The molecule has 1 atom stereocenters. The van der Waals surface area contributed by atoms with Crippen LogP contribution < -0.4 is 0 Å². The van der Waals surface area contributed by atoms with Crippen molar-refractivity contribution >= 4 is 17.6 Å². The lowest BCUT2D eigenvalue weighted by atomic mass is 10.2. The number of halogens is 1. The quantitative estimate of drug-likeness (QED) is 0.472. The maximum Gasteiger partial charge on any atom is 0.306 e. The van der Waals surface area contributed by atoms with E-state index in [1.807, 2.05) is 13.8 Å². The Morgan fingerprint density at radius 1 is 1.60 bits per heavy atom. The van der Waals surface area contributed by atoms with Gasteiger partial charge >= 0.3 is 5.97 Å². The lowest BCUT2D eigenvalue weighted by molar-refractivity contribution is -0.146. The van der Waals surface area contributed by atoms with E-state index in [1.165, 1.54) is 0 Å². The molecule has 0 amide bonds. The maximum absolute atomic E-state index is 10.6. The maximum atomic E-state index is 10.6. The molecule has 10 heavy (non-hydrogen) atoms. The zero-order valence-corrected chi connectivity index (χ0v) is 7.31. The third-order valence-corrected chi connectivity index (χ3v) is 1.65. The third kappa shape index (κ3) is 3.72. The van der Waals surface area contributed by atoms with Crippen LogP contribution in [0.3, 0.4) is 0 Å². The second-order valence-electron chi connectivity index (χ2n) is 2.44. The van der Waals surface area contributed by atoms with Crippen molar-refractivity contribution in [2.24, 2.45) is 5.92 Å². The monoisotopic (exact) mass is 164 g/mol. The van der Waals surface area contributed by atoms with Crippen LogP contribution in [0.4, 0.5) is 0 Å². The third-order valence-electron chi connectivity index (χ3n) is 1.06. The molecule has 0 rings (SSSR count). The van der Waals surface area contributed by atoms with Crippen LogP contribution in [0.15, 0.2) is 0 Å². The molecule has 0 unspecified atom stereocenters. The van der Waals surface area contributed by atoms with Gasteiger partial charge in [-0.05, 0) is 0 Å². The number of carbonyl (C=O) groups excluding carboxylic acids is 1. The number of hydrogen-bond donors (Lipinski definition) is 0. The Balaban J connectivity index is 3.57. The van der Waals surface area contributed by atoms with Crippen LogP contribution in [-0.4, -0.2) is 11.5 Å². The first-order valence-electron chi connectivity index (χ1n) is 3.41. The van der Waals surface area contributed by atoms with Gasteiger partial charge in [0.1, 0.15) is 0 Å². The van der Waals surface area contributed by atoms with Gasteiger partial charge in [0.15, 0.2) is 5.56 Å². The molecule has 0 bridgehead atoms. The number of carbonyl (C=O) groups is 1. The summed E-state index contributed by atoms with van der Waals surface area (Å²) in [6, 6.07) is 0. The minimum absolute atomic E-state index is 0.178. The summed E-state index contributed by atoms with van der Waals surface area (Å²) >= 11 is 5.65. The van der Waals surface area contributed by atoms with Crippen molar-refractivity contribution in [3.05, 3.63) is 0 Å². The van der Waals surface area contributed by atoms with Crippen LogP contribution in [-0.2, 0) is 9.53 Å². The van der Waals surface area contributed by atoms with Gasteiger partial charge in [-0.2, -0.15) is 0 Å². The summed E-state index contributed by atoms with van der Waals surface area (Å²) in [5, 5.41) is 0. The van der Waals surface area contributed by atoms with E-state index in [4.69, 9.17) is 16.3 Å². The van der Waals surface area contributed by atoms with Crippen LogP contribution in [0.2, 0.25) is 0 Å². The highest BCUT2D eigenvalue weighted by molar-refractivity contribution is 6.20. The van der Waals surface area contributed by atoms with Crippen LogP contribution in [0.25, 0.3) is 0 Å². The largest absolute Gasteiger partial charge is 0.446 e. The predicted octanol–water partition coefficient (Wildman–Crippen LogP) is 2.16. The Morgan fingerprint density at radius 3 is 2.40 bits per heavy atom. The molecule has 0 aromatic heterocycles. The molecule has 0 saturated heterocycles. The number of ether oxygens (including phenoxy) is 1. The van der Waals surface area contributed by atoms with Gasteiger partial charge in [-0.1, -0.05) is 32.4 Å². The molecule has 0 heterocycles. The molecule has 2 nitrogen and oxygen atoms in total. The molecule has 60 valence electrons. The smallest absolute Gasteiger partial charge is 0.306 e. The van der Waals surface area contributed by atoms with Gasteiger partial charge in [0.2, 0.25) is 0 Å². The summed E-state index contributed by atoms with van der Waals surface area (Å²) in [6.07, 6.45) is 0.385. The Kier molecular flexibility index (Phi) is 4.45. The molecule has 0 spiro atoms. The van der Waals surface area contributed by atoms with E-state index in [-0.39, 0.29) is 11.9 Å². The molecular formula is C7H13ClO2. The molecule has 0 fully saturated rings. The molecule has 0 aliphatic heterocycles. The van der Waals surface area contributed by atoms with Crippen molar-refractivity contribution in [3.8, 4) is 0 Å². The summed E-state index contributed by atoms with van der Waals surface area (Å²) in [5.74, 6) is -0.0640. The first-order chi connectivity index (χ1) is 4.57. The second-order valence-corrected chi connectivity index (χ2v) is 2.87. The molecule has 0 aliphatic carbocycles. The van der Waals surface area contributed by atoms with Crippen molar-refractivity contribution < 1.29 is 9.53 Å². The van der Waals surface area contributed by atoms with E-state index in [1.54, 1.807) is 6.92 Å². The highest BCUT2D eigenvalue weighted by Crippen LogP contribution is 2.11. The minimum atomic E-state index is -0.479. The molecule has 0 N–H and O–H groups in total. The number of esters is 1. The number of hydrogen-bond acceptors (Lipinski definition) is 2. The summed E-state index contributed by atoms with van der Waals surface area (Å²) < 4.78 is 4.79. The van der Waals surface area contributed by atoms with Gasteiger partial charge in [0.25, 0.3) is 0 Å². The van der Waals surface area contributed by atoms with Crippen LogP contribution in [0, 0.1) is 5.92 Å². The van der Waals surface area contributed by atoms with Crippen molar-refractivity contribution in [2.75, 3.05) is 0 Å². The molecule has 0 aliphatic rings. The Labute approximate surface area is 66.5 Å². The van der Waals surface area contributed by atoms with Crippen molar-refractivity contribution in [1.82, 2.24) is 0 Å². The van der Waals surface area contributed by atoms with E-state index in [2.05, 4.69) is 0 Å². The van der Waals surface area contributed by atoms with E-state index < -0.39 is 5.56 Å². The number of alkyl halides is 1. The average molecular weight is 165 g/mol. The van der Waals surface area contributed by atoms with Crippen LogP contribution in [0.5, 0.6) is 0 Å². The van der Waals surface area contributed by atoms with Crippen LogP contribution >= 0.6 is 11.6 Å². The SMILES string of the molecule is CCC(=O)O[C@H](Cl)C(C)C. The Morgan fingerprint density at radius 2 is 2.10 bits per heavy atom. The van der Waals surface area contributed by atoms with Gasteiger partial charge in [-0.3, -0.25) is 4.79 Å². The lowest BCUT2D eigenvalue weighted by Gasteiger charge is -2.13. The summed E-state index contributed by atoms with van der Waals surface area (Å²) in [4.78, 5) is 10.6. The normalized spacial score (nSPS) is 13.3.